The second-order valence-electron chi connectivity index (χ2n) is 6.90. The van der Waals surface area contributed by atoms with E-state index in [1.165, 1.54) is 0 Å². The molecule has 0 fully saturated rings. The van der Waals surface area contributed by atoms with Crippen LogP contribution in [0, 0.1) is 6.92 Å². The number of amides is 2. The Hall–Kier alpha value is -3.31. The molecule has 3 rings (SSSR count). The van der Waals surface area contributed by atoms with Gasteiger partial charge in [0.2, 0.25) is 5.91 Å². The summed E-state index contributed by atoms with van der Waals surface area (Å²) < 4.78 is 5.29. The zero-order valence-corrected chi connectivity index (χ0v) is 17.4. The van der Waals surface area contributed by atoms with E-state index in [4.69, 9.17) is 16.3 Å². The number of hydrogen-bond donors (Lipinski definition) is 2. The summed E-state index contributed by atoms with van der Waals surface area (Å²) in [5.41, 5.74) is 3.26. The van der Waals surface area contributed by atoms with Gasteiger partial charge in [-0.2, -0.15) is 0 Å². The number of rotatable bonds is 7. The molecule has 0 aliphatic heterocycles. The number of carbonyl (C=O) groups is 2. The van der Waals surface area contributed by atoms with E-state index in [1.807, 2.05) is 73.7 Å². The van der Waals surface area contributed by atoms with Gasteiger partial charge in [0.15, 0.2) is 0 Å². The van der Waals surface area contributed by atoms with E-state index in [0.29, 0.717) is 17.1 Å². The molecule has 0 unspecified atom stereocenters. The molecule has 0 heterocycles. The molecule has 6 heteroatoms. The summed E-state index contributed by atoms with van der Waals surface area (Å²) in [7, 11) is 0. The predicted octanol–water partition coefficient (Wildman–Crippen LogP) is 5.12. The number of nitrogens with one attached hydrogen (secondary N) is 2. The molecule has 0 radical (unpaired) electrons. The van der Waals surface area contributed by atoms with Gasteiger partial charge < -0.3 is 15.4 Å². The molecule has 3 aromatic rings. The lowest BCUT2D eigenvalue weighted by Gasteiger charge is -2.19. The van der Waals surface area contributed by atoms with Crippen LogP contribution in [-0.2, 0) is 22.6 Å². The van der Waals surface area contributed by atoms with Crippen LogP contribution in [0.3, 0.4) is 0 Å². The average Bonchev–Trinajstić information content (AvgIpc) is 2.76. The SMILES string of the molecule is Cc1ccc(Cl)cc1NC(=O)[C@H](Cc1ccccc1)NC(=O)OCc1ccccc1. The third kappa shape index (κ3) is 6.36. The second kappa shape index (κ2) is 10.5. The van der Waals surface area contributed by atoms with Crippen LogP contribution < -0.4 is 10.6 Å². The number of carbonyl (C=O) groups excluding carboxylic acids is 2. The minimum Gasteiger partial charge on any atom is -0.445 e. The number of benzene rings is 3. The first kappa shape index (κ1) is 21.4. The van der Waals surface area contributed by atoms with Crippen molar-refractivity contribution in [3.05, 3.63) is 101 Å². The van der Waals surface area contributed by atoms with Gasteiger partial charge in [-0.3, -0.25) is 4.79 Å². The molecule has 5 nitrogen and oxygen atoms in total. The smallest absolute Gasteiger partial charge is 0.408 e. The highest BCUT2D eigenvalue weighted by Gasteiger charge is 2.23. The number of hydrogen-bond acceptors (Lipinski definition) is 3. The molecule has 1 atom stereocenters. The quantitative estimate of drug-likeness (QED) is 0.555. The van der Waals surface area contributed by atoms with E-state index < -0.39 is 12.1 Å². The Morgan fingerprint density at radius 3 is 2.23 bits per heavy atom. The molecule has 2 N–H and O–H groups in total. The Morgan fingerprint density at radius 2 is 1.57 bits per heavy atom. The summed E-state index contributed by atoms with van der Waals surface area (Å²) >= 11 is 6.05. The normalized spacial score (nSPS) is 11.4. The Bertz CT molecular complexity index is 994. The molecular formula is C24H23ClN2O3. The molecule has 0 saturated carbocycles. The first-order valence-corrected chi connectivity index (χ1v) is 9.97. The lowest BCUT2D eigenvalue weighted by atomic mass is 10.0. The van der Waals surface area contributed by atoms with Crippen molar-refractivity contribution in [1.82, 2.24) is 5.32 Å². The van der Waals surface area contributed by atoms with Crippen LogP contribution in [0.15, 0.2) is 78.9 Å². The van der Waals surface area contributed by atoms with Crippen LogP contribution in [0.5, 0.6) is 0 Å². The molecule has 3 aromatic carbocycles. The standard InChI is InChI=1S/C24H23ClN2O3/c1-17-12-13-20(25)15-21(17)26-23(28)22(14-18-8-4-2-5-9-18)27-24(29)30-16-19-10-6-3-7-11-19/h2-13,15,22H,14,16H2,1H3,(H,26,28)(H,27,29)/t22-/m0/s1. The maximum atomic E-state index is 13.0. The average molecular weight is 423 g/mol. The van der Waals surface area contributed by atoms with Crippen molar-refractivity contribution in [1.29, 1.82) is 0 Å². The van der Waals surface area contributed by atoms with Crippen molar-refractivity contribution in [2.75, 3.05) is 5.32 Å². The lowest BCUT2D eigenvalue weighted by Crippen LogP contribution is -2.45. The van der Waals surface area contributed by atoms with Crippen LogP contribution in [0.4, 0.5) is 10.5 Å². The van der Waals surface area contributed by atoms with E-state index in [0.717, 1.165) is 16.7 Å². The minimum absolute atomic E-state index is 0.125. The number of halogens is 1. The van der Waals surface area contributed by atoms with Gasteiger partial charge in [-0.25, -0.2) is 4.79 Å². The van der Waals surface area contributed by atoms with Gasteiger partial charge in [0.1, 0.15) is 12.6 Å². The fourth-order valence-electron chi connectivity index (χ4n) is 2.91. The van der Waals surface area contributed by atoms with E-state index >= 15 is 0 Å². The van der Waals surface area contributed by atoms with Crippen molar-refractivity contribution in [2.24, 2.45) is 0 Å². The topological polar surface area (TPSA) is 67.4 Å². The van der Waals surface area contributed by atoms with Gasteiger partial charge in [-0.1, -0.05) is 78.3 Å². The first-order valence-electron chi connectivity index (χ1n) is 9.59. The van der Waals surface area contributed by atoms with Gasteiger partial charge in [-0.05, 0) is 35.7 Å². The summed E-state index contributed by atoms with van der Waals surface area (Å²) in [4.78, 5) is 25.3. The van der Waals surface area contributed by atoms with Crippen molar-refractivity contribution >= 4 is 29.3 Å². The molecule has 2 amide bonds. The summed E-state index contributed by atoms with van der Waals surface area (Å²) in [5, 5.41) is 6.06. The Labute approximate surface area is 181 Å². The summed E-state index contributed by atoms with van der Waals surface area (Å²) in [6.07, 6.45) is -0.329. The highest BCUT2D eigenvalue weighted by atomic mass is 35.5. The maximum Gasteiger partial charge on any atom is 0.408 e. The lowest BCUT2D eigenvalue weighted by molar-refractivity contribution is -0.118. The van der Waals surface area contributed by atoms with Gasteiger partial charge >= 0.3 is 6.09 Å². The van der Waals surface area contributed by atoms with Gasteiger partial charge in [0, 0.05) is 17.1 Å². The summed E-state index contributed by atoms with van der Waals surface area (Å²) in [6, 6.07) is 23.3. The fourth-order valence-corrected chi connectivity index (χ4v) is 3.09. The molecule has 0 bridgehead atoms. The molecule has 0 spiro atoms. The van der Waals surface area contributed by atoms with E-state index in [2.05, 4.69) is 10.6 Å². The van der Waals surface area contributed by atoms with Gasteiger partial charge in [-0.15, -0.1) is 0 Å². The molecule has 0 saturated heterocycles. The molecule has 30 heavy (non-hydrogen) atoms. The number of alkyl carbamates (subject to hydrolysis) is 1. The largest absolute Gasteiger partial charge is 0.445 e. The van der Waals surface area contributed by atoms with Crippen LogP contribution in [-0.4, -0.2) is 18.0 Å². The Morgan fingerprint density at radius 1 is 0.933 bits per heavy atom. The molecule has 154 valence electrons. The van der Waals surface area contributed by atoms with Crippen LogP contribution in [0.25, 0.3) is 0 Å². The van der Waals surface area contributed by atoms with E-state index in [9.17, 15) is 9.59 Å². The van der Waals surface area contributed by atoms with Crippen molar-refractivity contribution in [3.8, 4) is 0 Å². The van der Waals surface area contributed by atoms with Crippen molar-refractivity contribution in [2.45, 2.75) is 26.0 Å². The minimum atomic E-state index is -0.811. The third-order valence-corrected chi connectivity index (χ3v) is 4.80. The first-order chi connectivity index (χ1) is 14.5. The third-order valence-electron chi connectivity index (χ3n) is 4.56. The second-order valence-corrected chi connectivity index (χ2v) is 7.33. The number of aryl methyl sites for hydroxylation is 1. The zero-order valence-electron chi connectivity index (χ0n) is 16.6. The predicted molar refractivity (Wildman–Crippen MR) is 119 cm³/mol. The van der Waals surface area contributed by atoms with Gasteiger partial charge in [0.05, 0.1) is 0 Å². The highest BCUT2D eigenvalue weighted by molar-refractivity contribution is 6.31. The van der Waals surface area contributed by atoms with Crippen molar-refractivity contribution < 1.29 is 14.3 Å². The van der Waals surface area contributed by atoms with E-state index in [1.54, 1.807) is 12.1 Å². The Kier molecular flexibility index (Phi) is 7.46. The van der Waals surface area contributed by atoms with Crippen LogP contribution >= 0.6 is 11.6 Å². The molecule has 0 aliphatic rings. The zero-order chi connectivity index (χ0) is 21.3. The van der Waals surface area contributed by atoms with Crippen LogP contribution in [0.2, 0.25) is 5.02 Å². The number of anilines is 1. The summed E-state index contributed by atoms with van der Waals surface area (Å²) in [5.74, 6) is -0.346. The fraction of sp³-hybridized carbons (Fsp3) is 0.167. The van der Waals surface area contributed by atoms with Gasteiger partial charge in [0.25, 0.3) is 0 Å². The molecule has 0 aromatic heterocycles. The Balaban J connectivity index is 1.69. The summed E-state index contributed by atoms with van der Waals surface area (Å²) in [6.45, 7) is 2.00. The monoisotopic (exact) mass is 422 g/mol. The number of ether oxygens (including phenoxy) is 1. The van der Waals surface area contributed by atoms with Crippen LogP contribution in [0.1, 0.15) is 16.7 Å². The highest BCUT2D eigenvalue weighted by Crippen LogP contribution is 2.20. The molecular weight excluding hydrogens is 400 g/mol. The maximum absolute atomic E-state index is 13.0. The van der Waals surface area contributed by atoms with E-state index in [-0.39, 0.29) is 12.5 Å². The van der Waals surface area contributed by atoms with Crippen molar-refractivity contribution in [3.63, 3.8) is 0 Å². The molecule has 0 aliphatic carbocycles.